The Labute approximate surface area is 311 Å². The van der Waals surface area contributed by atoms with Crippen LogP contribution in [0.25, 0.3) is 22.3 Å². The van der Waals surface area contributed by atoms with Crippen LogP contribution in [0.3, 0.4) is 0 Å². The molecule has 0 radical (unpaired) electrons. The topological polar surface area (TPSA) is 3.24 Å². The first-order valence-corrected chi connectivity index (χ1v) is 18.4. The normalized spacial score (nSPS) is 13.6. The van der Waals surface area contributed by atoms with Crippen molar-refractivity contribution in [2.75, 3.05) is 4.90 Å². The summed E-state index contributed by atoms with van der Waals surface area (Å²) in [4.78, 5) is 2.36. The molecule has 0 atom stereocenters. The minimum atomic E-state index is -0.0909. The van der Waals surface area contributed by atoms with Crippen LogP contribution in [-0.2, 0) is 10.8 Å². The van der Waals surface area contributed by atoms with Crippen molar-refractivity contribution in [3.63, 3.8) is 0 Å². The number of hydrogen-bond donors (Lipinski definition) is 0. The minimum absolute atomic E-state index is 0.00400. The Morgan fingerprint density at radius 1 is 0.308 bits per heavy atom. The predicted molar refractivity (Wildman–Crippen MR) is 223 cm³/mol. The molecule has 0 aliphatic heterocycles. The molecule has 0 unspecified atom stereocenters. The average molecular weight is 676 g/mol. The fourth-order valence-corrected chi connectivity index (χ4v) is 7.87. The molecule has 0 saturated carbocycles. The van der Waals surface area contributed by atoms with Crippen molar-refractivity contribution in [2.24, 2.45) is 0 Å². The highest BCUT2D eigenvalue weighted by Crippen LogP contribution is 2.56. The molecule has 0 amide bonds. The zero-order valence-corrected chi connectivity index (χ0v) is 31.6. The van der Waals surface area contributed by atoms with Crippen molar-refractivity contribution in [1.82, 2.24) is 0 Å². The maximum atomic E-state index is 2.50. The Morgan fingerprint density at radius 3 is 1.08 bits per heavy atom. The van der Waals surface area contributed by atoms with E-state index in [0.29, 0.717) is 0 Å². The third kappa shape index (κ3) is 6.60. The summed E-state index contributed by atoms with van der Waals surface area (Å²) in [5.41, 5.74) is 18.7. The monoisotopic (exact) mass is 675 g/mol. The standard InChI is InChI=1S/C37H33N.2C7H8/c1-24-16-18-28-30-22-35-31(23-34(30)36(2,3)32(28)20-24)29-19-17-27(21-33(29)37(35,4)5)38(25-12-8-6-9-13-25)26-14-10-7-11-15-26;2*1-7-5-3-2-4-6-7/h6-23H,1-5H3;2*2-6H,1H3. The second kappa shape index (κ2) is 14.2. The number of aryl methyl sites for hydroxylation is 3. The molecule has 0 fully saturated rings. The molecule has 0 N–H and O–H groups in total. The van der Waals surface area contributed by atoms with Gasteiger partial charge in [0, 0.05) is 27.9 Å². The molecule has 1 nitrogen and oxygen atoms in total. The molecule has 7 aromatic rings. The van der Waals surface area contributed by atoms with Crippen LogP contribution in [0.5, 0.6) is 0 Å². The van der Waals surface area contributed by atoms with E-state index in [0.717, 1.165) is 0 Å². The van der Waals surface area contributed by atoms with Crippen molar-refractivity contribution < 1.29 is 0 Å². The van der Waals surface area contributed by atoms with E-state index in [9.17, 15) is 0 Å². The first-order chi connectivity index (χ1) is 25.1. The number of hydrogen-bond acceptors (Lipinski definition) is 1. The van der Waals surface area contributed by atoms with Crippen LogP contribution >= 0.6 is 0 Å². The van der Waals surface area contributed by atoms with Gasteiger partial charge in [0.05, 0.1) is 0 Å². The molecular formula is C51H49N. The van der Waals surface area contributed by atoms with Gasteiger partial charge in [0.15, 0.2) is 0 Å². The lowest BCUT2D eigenvalue weighted by molar-refractivity contribution is 0.652. The van der Waals surface area contributed by atoms with E-state index < -0.39 is 0 Å². The summed E-state index contributed by atoms with van der Waals surface area (Å²) in [5, 5.41) is 0. The van der Waals surface area contributed by atoms with Gasteiger partial charge in [-0.15, -0.1) is 0 Å². The second-order valence-electron chi connectivity index (χ2n) is 15.3. The van der Waals surface area contributed by atoms with E-state index >= 15 is 0 Å². The highest BCUT2D eigenvalue weighted by Gasteiger charge is 2.41. The van der Waals surface area contributed by atoms with Gasteiger partial charge in [0.25, 0.3) is 0 Å². The first kappa shape index (κ1) is 34.8. The SMILES string of the molecule is Cc1ccc2c(c1)C(C)(C)c1cc3c(cc1-2)C(C)(C)c1cc(N(c2ccccc2)c2ccccc2)ccc1-3.Cc1ccccc1.Cc1ccccc1. The number of nitrogens with zero attached hydrogens (tertiary/aromatic N) is 1. The Morgan fingerprint density at radius 2 is 0.673 bits per heavy atom. The van der Waals surface area contributed by atoms with E-state index in [1.54, 1.807) is 0 Å². The molecule has 9 rings (SSSR count). The Kier molecular flexibility index (Phi) is 9.47. The highest BCUT2D eigenvalue weighted by molar-refractivity contribution is 5.91. The maximum absolute atomic E-state index is 2.50. The number of anilines is 3. The van der Waals surface area contributed by atoms with Gasteiger partial charge in [-0.25, -0.2) is 0 Å². The lowest BCUT2D eigenvalue weighted by Crippen LogP contribution is -2.17. The van der Waals surface area contributed by atoms with Crippen LogP contribution in [0, 0.1) is 20.8 Å². The summed E-state index contributed by atoms with van der Waals surface area (Å²) in [6.45, 7) is 15.9. The van der Waals surface area contributed by atoms with Gasteiger partial charge < -0.3 is 4.90 Å². The fourth-order valence-electron chi connectivity index (χ4n) is 7.87. The van der Waals surface area contributed by atoms with E-state index in [-0.39, 0.29) is 10.8 Å². The molecule has 0 spiro atoms. The summed E-state index contributed by atoms with van der Waals surface area (Å²) in [6, 6.07) is 60.9. The molecule has 258 valence electrons. The fraction of sp³-hybridized carbons (Fsp3) is 0.176. The third-order valence-corrected chi connectivity index (χ3v) is 10.8. The molecular weight excluding hydrogens is 627 g/mol. The van der Waals surface area contributed by atoms with Crippen LogP contribution in [-0.4, -0.2) is 0 Å². The highest BCUT2D eigenvalue weighted by atomic mass is 15.1. The van der Waals surface area contributed by atoms with Crippen LogP contribution in [0.1, 0.15) is 66.6 Å². The molecule has 2 aliphatic carbocycles. The summed E-state index contributed by atoms with van der Waals surface area (Å²) >= 11 is 0. The van der Waals surface area contributed by atoms with Crippen molar-refractivity contribution in [3.05, 3.63) is 209 Å². The lowest BCUT2D eigenvalue weighted by Gasteiger charge is -2.28. The number of benzene rings is 7. The smallest absolute Gasteiger partial charge is 0.0465 e. The number of fused-ring (bicyclic) bond motifs is 6. The van der Waals surface area contributed by atoms with Gasteiger partial charge >= 0.3 is 0 Å². The molecule has 0 aromatic heterocycles. The Balaban J connectivity index is 0.000000250. The summed E-state index contributed by atoms with van der Waals surface area (Å²) < 4.78 is 0. The molecule has 1 heteroatoms. The first-order valence-electron chi connectivity index (χ1n) is 18.4. The summed E-state index contributed by atoms with van der Waals surface area (Å²) in [7, 11) is 0. The molecule has 0 saturated heterocycles. The van der Waals surface area contributed by atoms with Crippen LogP contribution in [0.4, 0.5) is 17.1 Å². The molecule has 7 aromatic carbocycles. The van der Waals surface area contributed by atoms with Crippen molar-refractivity contribution in [2.45, 2.75) is 59.3 Å². The average Bonchev–Trinajstić information content (AvgIpc) is 3.51. The third-order valence-electron chi connectivity index (χ3n) is 10.8. The van der Waals surface area contributed by atoms with Gasteiger partial charge in [-0.1, -0.05) is 166 Å². The van der Waals surface area contributed by atoms with Crippen LogP contribution < -0.4 is 4.90 Å². The predicted octanol–water partition coefficient (Wildman–Crippen LogP) is 14.1. The van der Waals surface area contributed by atoms with Crippen LogP contribution in [0.2, 0.25) is 0 Å². The molecule has 0 heterocycles. The molecule has 2 aliphatic rings. The quantitative estimate of drug-likeness (QED) is 0.180. The van der Waals surface area contributed by atoms with Crippen molar-refractivity contribution in [1.29, 1.82) is 0 Å². The van der Waals surface area contributed by atoms with Crippen molar-refractivity contribution >= 4 is 17.1 Å². The van der Waals surface area contributed by atoms with Gasteiger partial charge in [-0.3, -0.25) is 0 Å². The number of para-hydroxylation sites is 2. The largest absolute Gasteiger partial charge is 0.310 e. The van der Waals surface area contributed by atoms with Gasteiger partial charge in [0.2, 0.25) is 0 Å². The maximum Gasteiger partial charge on any atom is 0.0465 e. The van der Waals surface area contributed by atoms with E-state index in [2.05, 4.69) is 187 Å². The summed E-state index contributed by atoms with van der Waals surface area (Å²) in [5.74, 6) is 0. The number of rotatable bonds is 3. The Bertz CT molecular complexity index is 2220. The van der Waals surface area contributed by atoms with Gasteiger partial charge in [0.1, 0.15) is 0 Å². The second-order valence-corrected chi connectivity index (χ2v) is 15.3. The minimum Gasteiger partial charge on any atom is -0.310 e. The van der Waals surface area contributed by atoms with E-state index in [1.807, 2.05) is 36.4 Å². The van der Waals surface area contributed by atoms with Gasteiger partial charge in [-0.05, 0) is 114 Å². The zero-order valence-electron chi connectivity index (χ0n) is 31.6. The summed E-state index contributed by atoms with van der Waals surface area (Å²) in [6.07, 6.45) is 0. The van der Waals surface area contributed by atoms with Gasteiger partial charge in [-0.2, -0.15) is 0 Å². The Hall–Kier alpha value is -5.66. The van der Waals surface area contributed by atoms with Crippen molar-refractivity contribution in [3.8, 4) is 22.3 Å². The van der Waals surface area contributed by atoms with Crippen LogP contribution in [0.15, 0.2) is 170 Å². The zero-order chi connectivity index (χ0) is 36.5. The lowest BCUT2D eigenvalue weighted by atomic mass is 9.79. The molecule has 0 bridgehead atoms. The van der Waals surface area contributed by atoms with E-state index in [4.69, 9.17) is 0 Å². The molecule has 52 heavy (non-hydrogen) atoms. The van der Waals surface area contributed by atoms with E-state index in [1.165, 1.54) is 78.3 Å².